The van der Waals surface area contributed by atoms with E-state index < -0.39 is 0 Å². The molecule has 26 heavy (non-hydrogen) atoms. The van der Waals surface area contributed by atoms with E-state index in [0.29, 0.717) is 42.5 Å². The Morgan fingerprint density at radius 1 is 1.04 bits per heavy atom. The molecule has 1 N–H and O–H groups in total. The zero-order valence-corrected chi connectivity index (χ0v) is 15.5. The van der Waals surface area contributed by atoms with Crippen molar-refractivity contribution >= 4 is 29.1 Å². The first-order valence-corrected chi connectivity index (χ1v) is 9.03. The molecule has 2 amide bonds. The fraction of sp³-hybridized carbons (Fsp3) is 0.300. The molecule has 5 nitrogen and oxygen atoms in total. The van der Waals surface area contributed by atoms with Gasteiger partial charge in [-0.25, -0.2) is 0 Å². The summed E-state index contributed by atoms with van der Waals surface area (Å²) in [6.45, 7) is 4.82. The number of hydrogen-bond acceptors (Lipinski definition) is 3. The maximum Gasteiger partial charge on any atom is 0.253 e. The average molecular weight is 372 g/mol. The second kappa shape index (κ2) is 8.34. The Bertz CT molecular complexity index is 787. The standard InChI is InChI=1S/C20H22ClN3O2/c1-15-7-8-18(17(21)13-15)22-19(25)14-23-9-11-24(12-10-23)20(26)16-5-3-2-4-6-16/h2-8,13H,9-12,14H2,1H3,(H,22,25). The SMILES string of the molecule is Cc1ccc(NC(=O)CN2CCN(C(=O)c3ccccc3)CC2)c(Cl)c1. The van der Waals surface area contributed by atoms with Crippen molar-refractivity contribution in [2.24, 2.45) is 0 Å². The molecule has 1 aliphatic rings. The predicted molar refractivity (Wildman–Crippen MR) is 104 cm³/mol. The van der Waals surface area contributed by atoms with Gasteiger partial charge in [0, 0.05) is 31.7 Å². The van der Waals surface area contributed by atoms with Crippen molar-refractivity contribution in [3.05, 3.63) is 64.7 Å². The van der Waals surface area contributed by atoms with Gasteiger partial charge >= 0.3 is 0 Å². The molecule has 6 heteroatoms. The van der Waals surface area contributed by atoms with Crippen molar-refractivity contribution in [2.75, 3.05) is 38.0 Å². The van der Waals surface area contributed by atoms with Crippen LogP contribution in [0.15, 0.2) is 48.5 Å². The minimum Gasteiger partial charge on any atom is -0.336 e. The largest absolute Gasteiger partial charge is 0.336 e. The fourth-order valence-corrected chi connectivity index (χ4v) is 3.27. The molecule has 1 heterocycles. The van der Waals surface area contributed by atoms with Gasteiger partial charge in [-0.2, -0.15) is 0 Å². The summed E-state index contributed by atoms with van der Waals surface area (Å²) in [6.07, 6.45) is 0. The molecule has 0 atom stereocenters. The van der Waals surface area contributed by atoms with Crippen molar-refractivity contribution < 1.29 is 9.59 Å². The maximum atomic E-state index is 12.4. The lowest BCUT2D eigenvalue weighted by molar-refractivity contribution is -0.117. The molecule has 0 bridgehead atoms. The highest BCUT2D eigenvalue weighted by molar-refractivity contribution is 6.33. The number of aryl methyl sites for hydroxylation is 1. The lowest BCUT2D eigenvalue weighted by Gasteiger charge is -2.34. The van der Waals surface area contributed by atoms with E-state index in [0.717, 1.165) is 5.56 Å². The van der Waals surface area contributed by atoms with Gasteiger partial charge in [-0.05, 0) is 36.8 Å². The molecule has 1 fully saturated rings. The smallest absolute Gasteiger partial charge is 0.253 e. The first kappa shape index (κ1) is 18.4. The molecule has 3 rings (SSSR count). The molecule has 0 aliphatic carbocycles. The van der Waals surface area contributed by atoms with Gasteiger partial charge in [-0.15, -0.1) is 0 Å². The Morgan fingerprint density at radius 2 is 1.73 bits per heavy atom. The number of nitrogens with one attached hydrogen (secondary N) is 1. The van der Waals surface area contributed by atoms with Gasteiger partial charge in [-0.3, -0.25) is 14.5 Å². The number of benzene rings is 2. The number of carbonyl (C=O) groups is 2. The Kier molecular flexibility index (Phi) is 5.91. The summed E-state index contributed by atoms with van der Waals surface area (Å²) in [5.41, 5.74) is 2.38. The molecular formula is C20H22ClN3O2. The van der Waals surface area contributed by atoms with Crippen molar-refractivity contribution in [3.8, 4) is 0 Å². The molecular weight excluding hydrogens is 350 g/mol. The van der Waals surface area contributed by atoms with E-state index in [4.69, 9.17) is 11.6 Å². The summed E-state index contributed by atoms with van der Waals surface area (Å²) < 4.78 is 0. The summed E-state index contributed by atoms with van der Waals surface area (Å²) in [7, 11) is 0. The van der Waals surface area contributed by atoms with Crippen LogP contribution in [0, 0.1) is 6.92 Å². The minimum absolute atomic E-state index is 0.0427. The van der Waals surface area contributed by atoms with Gasteiger partial charge in [-0.1, -0.05) is 35.9 Å². The zero-order chi connectivity index (χ0) is 18.5. The monoisotopic (exact) mass is 371 g/mol. The third-order valence-electron chi connectivity index (χ3n) is 4.45. The summed E-state index contributed by atoms with van der Waals surface area (Å²) >= 11 is 6.16. The van der Waals surface area contributed by atoms with Crippen LogP contribution >= 0.6 is 11.6 Å². The van der Waals surface area contributed by atoms with Gasteiger partial charge < -0.3 is 10.2 Å². The first-order chi connectivity index (χ1) is 12.5. The summed E-state index contributed by atoms with van der Waals surface area (Å²) in [4.78, 5) is 28.6. The third kappa shape index (κ3) is 4.62. The topological polar surface area (TPSA) is 52.7 Å². The second-order valence-corrected chi connectivity index (χ2v) is 6.87. The van der Waals surface area contributed by atoms with Gasteiger partial charge in [0.25, 0.3) is 5.91 Å². The van der Waals surface area contributed by atoms with Crippen LogP contribution in [-0.2, 0) is 4.79 Å². The highest BCUT2D eigenvalue weighted by Crippen LogP contribution is 2.22. The van der Waals surface area contributed by atoms with Crippen LogP contribution in [0.1, 0.15) is 15.9 Å². The lowest BCUT2D eigenvalue weighted by atomic mass is 10.2. The van der Waals surface area contributed by atoms with E-state index in [1.807, 2.05) is 65.3 Å². The molecule has 0 unspecified atom stereocenters. The van der Waals surface area contributed by atoms with Crippen LogP contribution < -0.4 is 5.32 Å². The molecule has 1 saturated heterocycles. The van der Waals surface area contributed by atoms with Crippen LogP contribution in [0.3, 0.4) is 0 Å². The number of rotatable bonds is 4. The van der Waals surface area contributed by atoms with Crippen molar-refractivity contribution in [1.82, 2.24) is 9.80 Å². The van der Waals surface area contributed by atoms with Crippen molar-refractivity contribution in [1.29, 1.82) is 0 Å². The Balaban J connectivity index is 1.49. The fourth-order valence-electron chi connectivity index (χ4n) is 2.99. The molecule has 0 saturated carbocycles. The second-order valence-electron chi connectivity index (χ2n) is 6.47. The Labute approximate surface area is 158 Å². The maximum absolute atomic E-state index is 12.4. The molecule has 0 spiro atoms. The Morgan fingerprint density at radius 3 is 2.38 bits per heavy atom. The van der Waals surface area contributed by atoms with E-state index in [1.165, 1.54) is 0 Å². The molecule has 2 aromatic rings. The summed E-state index contributed by atoms with van der Waals surface area (Å²) in [5.74, 6) is -0.0558. The van der Waals surface area contributed by atoms with E-state index in [-0.39, 0.29) is 18.4 Å². The van der Waals surface area contributed by atoms with Crippen molar-refractivity contribution in [2.45, 2.75) is 6.92 Å². The normalized spacial score (nSPS) is 14.9. The minimum atomic E-state index is -0.0985. The van der Waals surface area contributed by atoms with Crippen LogP contribution in [0.2, 0.25) is 5.02 Å². The van der Waals surface area contributed by atoms with Crippen molar-refractivity contribution in [3.63, 3.8) is 0 Å². The van der Waals surface area contributed by atoms with Gasteiger partial charge in [0.05, 0.1) is 17.3 Å². The summed E-state index contributed by atoms with van der Waals surface area (Å²) in [5, 5.41) is 3.39. The Hall–Kier alpha value is -2.37. The van der Waals surface area contributed by atoms with E-state index in [1.54, 1.807) is 0 Å². The van der Waals surface area contributed by atoms with Gasteiger partial charge in [0.1, 0.15) is 0 Å². The number of halogens is 1. The number of anilines is 1. The number of piperazine rings is 1. The van der Waals surface area contributed by atoms with E-state index in [2.05, 4.69) is 5.32 Å². The number of carbonyl (C=O) groups excluding carboxylic acids is 2. The molecule has 1 aliphatic heterocycles. The van der Waals surface area contributed by atoms with Crippen LogP contribution in [0.25, 0.3) is 0 Å². The quantitative estimate of drug-likeness (QED) is 0.898. The molecule has 0 radical (unpaired) electrons. The van der Waals surface area contributed by atoms with Crippen LogP contribution in [-0.4, -0.2) is 54.3 Å². The highest BCUT2D eigenvalue weighted by Gasteiger charge is 2.23. The summed E-state index contributed by atoms with van der Waals surface area (Å²) in [6, 6.07) is 14.8. The predicted octanol–water partition coefficient (Wildman–Crippen LogP) is 3.04. The molecule has 2 aromatic carbocycles. The molecule has 0 aromatic heterocycles. The third-order valence-corrected chi connectivity index (χ3v) is 4.76. The van der Waals surface area contributed by atoms with E-state index >= 15 is 0 Å². The number of nitrogens with zero attached hydrogens (tertiary/aromatic N) is 2. The van der Waals surface area contributed by atoms with Gasteiger partial charge in [0.2, 0.25) is 5.91 Å². The number of amides is 2. The first-order valence-electron chi connectivity index (χ1n) is 8.65. The van der Waals surface area contributed by atoms with Crippen LogP contribution in [0.4, 0.5) is 5.69 Å². The number of hydrogen-bond donors (Lipinski definition) is 1. The highest BCUT2D eigenvalue weighted by atomic mass is 35.5. The molecule has 136 valence electrons. The van der Waals surface area contributed by atoms with Crippen LogP contribution in [0.5, 0.6) is 0 Å². The average Bonchev–Trinajstić information content (AvgIpc) is 2.65. The lowest BCUT2D eigenvalue weighted by Crippen LogP contribution is -2.50. The van der Waals surface area contributed by atoms with E-state index in [9.17, 15) is 9.59 Å². The van der Waals surface area contributed by atoms with Gasteiger partial charge in [0.15, 0.2) is 0 Å². The zero-order valence-electron chi connectivity index (χ0n) is 14.7.